The predicted octanol–water partition coefficient (Wildman–Crippen LogP) is 1.76. The molecule has 0 amide bonds. The fraction of sp³-hybridized carbons (Fsp3) is 0.300. The lowest BCUT2D eigenvalue weighted by atomic mass is 10.1. The van der Waals surface area contributed by atoms with Crippen LogP contribution < -0.4 is 0 Å². The van der Waals surface area contributed by atoms with E-state index in [9.17, 15) is 5.11 Å². The van der Waals surface area contributed by atoms with Gasteiger partial charge in [0.25, 0.3) is 0 Å². The van der Waals surface area contributed by atoms with Crippen molar-refractivity contribution in [1.82, 2.24) is 9.78 Å². The summed E-state index contributed by atoms with van der Waals surface area (Å²) in [6.07, 6.45) is 3.77. The molecule has 3 nitrogen and oxygen atoms in total. The topological polar surface area (TPSA) is 38.0 Å². The molecule has 0 fully saturated rings. The fourth-order valence-electron chi connectivity index (χ4n) is 1.36. The first-order chi connectivity index (χ1) is 6.75. The van der Waals surface area contributed by atoms with Crippen LogP contribution >= 0.6 is 11.3 Å². The molecule has 0 saturated carbocycles. The molecule has 4 heteroatoms. The van der Waals surface area contributed by atoms with E-state index < -0.39 is 6.10 Å². The summed E-state index contributed by atoms with van der Waals surface area (Å²) in [5.74, 6) is 0. The van der Waals surface area contributed by atoms with Gasteiger partial charge in [-0.2, -0.15) is 16.4 Å². The second kappa shape index (κ2) is 3.94. The van der Waals surface area contributed by atoms with E-state index in [0.29, 0.717) is 6.42 Å². The van der Waals surface area contributed by atoms with E-state index in [1.54, 1.807) is 22.2 Å². The van der Waals surface area contributed by atoms with E-state index in [1.807, 2.05) is 24.7 Å². The molecular formula is C10H12N2OS. The molecule has 2 aromatic heterocycles. The van der Waals surface area contributed by atoms with Crippen molar-refractivity contribution < 1.29 is 5.11 Å². The normalized spacial score (nSPS) is 13.0. The van der Waals surface area contributed by atoms with Crippen molar-refractivity contribution in [3.8, 4) is 0 Å². The summed E-state index contributed by atoms with van der Waals surface area (Å²) in [5.41, 5.74) is 2.05. The van der Waals surface area contributed by atoms with Crippen LogP contribution in [0.25, 0.3) is 0 Å². The van der Waals surface area contributed by atoms with Crippen LogP contribution in [0, 0.1) is 0 Å². The molecule has 1 N–H and O–H groups in total. The summed E-state index contributed by atoms with van der Waals surface area (Å²) in [6, 6.07) is 2.03. The minimum absolute atomic E-state index is 0.446. The van der Waals surface area contributed by atoms with Crippen LogP contribution in [0.15, 0.2) is 29.2 Å². The van der Waals surface area contributed by atoms with Gasteiger partial charge in [0.1, 0.15) is 0 Å². The third kappa shape index (κ3) is 2.02. The highest BCUT2D eigenvalue weighted by Crippen LogP contribution is 2.18. The summed E-state index contributed by atoms with van der Waals surface area (Å²) in [6.45, 7) is 0. The first-order valence-electron chi connectivity index (χ1n) is 4.43. The Balaban J connectivity index is 2.06. The standard InChI is InChI=1S/C10H12N2OS/c1-12-6-9(5-11-12)10(13)4-8-2-3-14-7-8/h2-3,5-7,10,13H,4H2,1H3. The van der Waals surface area contributed by atoms with Gasteiger partial charge in [0.05, 0.1) is 12.3 Å². The summed E-state index contributed by atoms with van der Waals surface area (Å²) in [5, 5.41) is 18.0. The molecule has 0 saturated heterocycles. The van der Waals surface area contributed by atoms with Crippen molar-refractivity contribution in [2.75, 3.05) is 0 Å². The number of aromatic nitrogens is 2. The van der Waals surface area contributed by atoms with Gasteiger partial charge in [-0.3, -0.25) is 4.68 Å². The zero-order valence-corrected chi connectivity index (χ0v) is 8.74. The molecule has 0 aliphatic rings. The Labute approximate surface area is 86.6 Å². The lowest BCUT2D eigenvalue weighted by Gasteiger charge is -2.05. The lowest BCUT2D eigenvalue weighted by Crippen LogP contribution is -1.99. The van der Waals surface area contributed by atoms with E-state index in [0.717, 1.165) is 5.56 Å². The second-order valence-corrected chi connectivity index (χ2v) is 4.08. The van der Waals surface area contributed by atoms with Gasteiger partial charge in [-0.25, -0.2) is 0 Å². The molecular weight excluding hydrogens is 196 g/mol. The Hall–Kier alpha value is -1.13. The average molecular weight is 208 g/mol. The summed E-state index contributed by atoms with van der Waals surface area (Å²) < 4.78 is 1.70. The average Bonchev–Trinajstić information content (AvgIpc) is 2.75. The first-order valence-corrected chi connectivity index (χ1v) is 5.37. The van der Waals surface area contributed by atoms with Crippen molar-refractivity contribution in [2.45, 2.75) is 12.5 Å². The quantitative estimate of drug-likeness (QED) is 0.834. The van der Waals surface area contributed by atoms with E-state index in [4.69, 9.17) is 0 Å². The van der Waals surface area contributed by atoms with Crippen LogP contribution in [0.4, 0.5) is 0 Å². The van der Waals surface area contributed by atoms with Crippen molar-refractivity contribution >= 4 is 11.3 Å². The predicted molar refractivity (Wildman–Crippen MR) is 56.2 cm³/mol. The summed E-state index contributed by atoms with van der Waals surface area (Å²) in [7, 11) is 1.85. The maximum atomic E-state index is 9.86. The molecule has 0 bridgehead atoms. The number of thiophene rings is 1. The molecule has 0 aliphatic heterocycles. The van der Waals surface area contributed by atoms with Crippen LogP contribution in [-0.2, 0) is 13.5 Å². The molecule has 14 heavy (non-hydrogen) atoms. The number of aryl methyl sites for hydroxylation is 1. The number of aliphatic hydroxyl groups is 1. The first kappa shape index (κ1) is 9.43. The molecule has 0 spiro atoms. The van der Waals surface area contributed by atoms with Crippen LogP contribution in [-0.4, -0.2) is 14.9 Å². The zero-order chi connectivity index (χ0) is 9.97. The lowest BCUT2D eigenvalue weighted by molar-refractivity contribution is 0.178. The minimum Gasteiger partial charge on any atom is -0.388 e. The second-order valence-electron chi connectivity index (χ2n) is 3.30. The molecule has 74 valence electrons. The maximum Gasteiger partial charge on any atom is 0.0861 e. The van der Waals surface area contributed by atoms with Gasteiger partial charge in [-0.15, -0.1) is 0 Å². The van der Waals surface area contributed by atoms with Gasteiger partial charge >= 0.3 is 0 Å². The van der Waals surface area contributed by atoms with Crippen molar-refractivity contribution in [2.24, 2.45) is 7.05 Å². The van der Waals surface area contributed by atoms with Gasteiger partial charge in [-0.1, -0.05) is 0 Å². The fourth-order valence-corrected chi connectivity index (χ4v) is 2.04. The SMILES string of the molecule is Cn1cc(C(O)Cc2ccsc2)cn1. The van der Waals surface area contributed by atoms with Crippen LogP contribution in [0.2, 0.25) is 0 Å². The molecule has 2 heterocycles. The van der Waals surface area contributed by atoms with Crippen molar-refractivity contribution in [3.05, 3.63) is 40.3 Å². The Morgan fingerprint density at radius 1 is 1.64 bits per heavy atom. The van der Waals surface area contributed by atoms with Crippen LogP contribution in [0.1, 0.15) is 17.2 Å². The van der Waals surface area contributed by atoms with Gasteiger partial charge in [0.15, 0.2) is 0 Å². The minimum atomic E-state index is -0.446. The highest BCUT2D eigenvalue weighted by atomic mass is 32.1. The summed E-state index contributed by atoms with van der Waals surface area (Å²) in [4.78, 5) is 0. The molecule has 2 aromatic rings. The molecule has 0 aliphatic carbocycles. The van der Waals surface area contributed by atoms with Crippen molar-refractivity contribution in [3.63, 3.8) is 0 Å². The maximum absolute atomic E-state index is 9.86. The third-order valence-corrected chi connectivity index (χ3v) is 2.85. The van der Waals surface area contributed by atoms with E-state index in [2.05, 4.69) is 10.5 Å². The molecule has 1 unspecified atom stereocenters. The number of nitrogens with zero attached hydrogens (tertiary/aromatic N) is 2. The van der Waals surface area contributed by atoms with E-state index >= 15 is 0 Å². The highest BCUT2D eigenvalue weighted by Gasteiger charge is 2.10. The van der Waals surface area contributed by atoms with E-state index in [1.165, 1.54) is 5.56 Å². The van der Waals surface area contributed by atoms with Gasteiger partial charge in [0, 0.05) is 25.2 Å². The Kier molecular flexibility index (Phi) is 2.65. The molecule has 0 aromatic carbocycles. The van der Waals surface area contributed by atoms with E-state index in [-0.39, 0.29) is 0 Å². The Bertz CT molecular complexity index is 394. The number of hydrogen-bond acceptors (Lipinski definition) is 3. The number of hydrogen-bond donors (Lipinski definition) is 1. The van der Waals surface area contributed by atoms with Crippen molar-refractivity contribution in [1.29, 1.82) is 0 Å². The molecule has 0 radical (unpaired) electrons. The van der Waals surface area contributed by atoms with Gasteiger partial charge in [-0.05, 0) is 22.4 Å². The van der Waals surface area contributed by atoms with Crippen LogP contribution in [0.3, 0.4) is 0 Å². The monoisotopic (exact) mass is 208 g/mol. The smallest absolute Gasteiger partial charge is 0.0861 e. The van der Waals surface area contributed by atoms with Crippen LogP contribution in [0.5, 0.6) is 0 Å². The van der Waals surface area contributed by atoms with Gasteiger partial charge in [0.2, 0.25) is 0 Å². The molecule has 1 atom stereocenters. The number of aliphatic hydroxyl groups excluding tert-OH is 1. The highest BCUT2D eigenvalue weighted by molar-refractivity contribution is 7.07. The Morgan fingerprint density at radius 3 is 3.07 bits per heavy atom. The largest absolute Gasteiger partial charge is 0.388 e. The Morgan fingerprint density at radius 2 is 2.50 bits per heavy atom. The number of rotatable bonds is 3. The zero-order valence-electron chi connectivity index (χ0n) is 7.92. The van der Waals surface area contributed by atoms with Gasteiger partial charge < -0.3 is 5.11 Å². The third-order valence-electron chi connectivity index (χ3n) is 2.12. The molecule has 2 rings (SSSR count). The summed E-state index contributed by atoms with van der Waals surface area (Å²) >= 11 is 1.65.